The van der Waals surface area contributed by atoms with Crippen LogP contribution in [0.15, 0.2) is 22.7 Å². The summed E-state index contributed by atoms with van der Waals surface area (Å²) in [5, 5.41) is 0.661. The Morgan fingerprint density at radius 3 is 2.52 bits per heavy atom. The van der Waals surface area contributed by atoms with Crippen molar-refractivity contribution in [3.8, 4) is 11.3 Å². The predicted octanol–water partition coefficient (Wildman–Crippen LogP) is 5.33. The highest BCUT2D eigenvalue weighted by Crippen LogP contribution is 2.35. The molecule has 0 aliphatic rings. The molecule has 21 heavy (non-hydrogen) atoms. The third-order valence-electron chi connectivity index (χ3n) is 3.28. The summed E-state index contributed by atoms with van der Waals surface area (Å²) in [7, 11) is 0. The normalized spacial score (nSPS) is 11.6. The van der Waals surface area contributed by atoms with Crippen molar-refractivity contribution < 1.29 is 0 Å². The van der Waals surface area contributed by atoms with Gasteiger partial charge in [0.15, 0.2) is 0 Å². The van der Waals surface area contributed by atoms with E-state index in [4.69, 9.17) is 22.3 Å². The van der Waals surface area contributed by atoms with E-state index in [1.165, 1.54) is 0 Å². The third kappa shape index (κ3) is 3.43. The molecule has 2 aromatic rings. The Balaban J connectivity index is 2.62. The molecule has 0 saturated heterocycles. The Kier molecular flexibility index (Phi) is 4.99. The van der Waals surface area contributed by atoms with Gasteiger partial charge in [0.1, 0.15) is 17.3 Å². The van der Waals surface area contributed by atoms with E-state index in [-0.39, 0.29) is 0 Å². The Hall–Kier alpha value is -1.00. The largest absolute Gasteiger partial charge is 0.383 e. The SMILES string of the molecule is CC(C)Cn1c(C(C)C)nc(-c2cc(Br)ccc2Cl)c1N. The van der Waals surface area contributed by atoms with Gasteiger partial charge in [0, 0.05) is 22.5 Å². The topological polar surface area (TPSA) is 43.8 Å². The first-order chi connectivity index (χ1) is 9.81. The van der Waals surface area contributed by atoms with Crippen molar-refractivity contribution in [2.75, 3.05) is 5.73 Å². The van der Waals surface area contributed by atoms with Crippen LogP contribution in [0.2, 0.25) is 5.02 Å². The van der Waals surface area contributed by atoms with Gasteiger partial charge in [-0.25, -0.2) is 4.98 Å². The molecular weight excluding hydrogens is 350 g/mol. The van der Waals surface area contributed by atoms with E-state index >= 15 is 0 Å². The second kappa shape index (κ2) is 6.41. The molecule has 114 valence electrons. The lowest BCUT2D eigenvalue weighted by molar-refractivity contribution is 0.502. The second-order valence-corrected chi connectivity index (χ2v) is 7.31. The zero-order valence-corrected chi connectivity index (χ0v) is 15.2. The molecule has 3 nitrogen and oxygen atoms in total. The highest BCUT2D eigenvalue weighted by molar-refractivity contribution is 9.10. The van der Waals surface area contributed by atoms with Gasteiger partial charge in [-0.3, -0.25) is 0 Å². The van der Waals surface area contributed by atoms with Crippen LogP contribution in [-0.4, -0.2) is 9.55 Å². The van der Waals surface area contributed by atoms with E-state index in [1.807, 2.05) is 18.2 Å². The van der Waals surface area contributed by atoms with Crippen molar-refractivity contribution in [1.29, 1.82) is 0 Å². The average molecular weight is 371 g/mol. The lowest BCUT2D eigenvalue weighted by atomic mass is 10.1. The van der Waals surface area contributed by atoms with E-state index in [1.54, 1.807) is 0 Å². The Morgan fingerprint density at radius 2 is 1.95 bits per heavy atom. The molecule has 0 bridgehead atoms. The van der Waals surface area contributed by atoms with Crippen LogP contribution in [0.4, 0.5) is 5.82 Å². The number of aromatic nitrogens is 2. The summed E-state index contributed by atoms with van der Waals surface area (Å²) in [6.45, 7) is 9.47. The predicted molar refractivity (Wildman–Crippen MR) is 93.7 cm³/mol. The number of benzene rings is 1. The number of imidazole rings is 1. The van der Waals surface area contributed by atoms with Crippen LogP contribution in [0.25, 0.3) is 11.3 Å². The lowest BCUT2D eigenvalue weighted by Crippen LogP contribution is -2.12. The Bertz CT molecular complexity index is 647. The van der Waals surface area contributed by atoms with Crippen molar-refractivity contribution in [2.24, 2.45) is 5.92 Å². The monoisotopic (exact) mass is 369 g/mol. The minimum absolute atomic E-state index is 0.311. The van der Waals surface area contributed by atoms with Crippen molar-refractivity contribution in [1.82, 2.24) is 9.55 Å². The minimum Gasteiger partial charge on any atom is -0.383 e. The number of nitrogen functional groups attached to an aromatic ring is 1. The van der Waals surface area contributed by atoms with Gasteiger partial charge in [-0.1, -0.05) is 55.2 Å². The van der Waals surface area contributed by atoms with E-state index in [2.05, 4.69) is 48.2 Å². The number of rotatable bonds is 4. The summed E-state index contributed by atoms with van der Waals surface area (Å²) in [5.41, 5.74) is 8.01. The zero-order chi connectivity index (χ0) is 15.7. The van der Waals surface area contributed by atoms with Gasteiger partial charge in [-0.15, -0.1) is 0 Å². The van der Waals surface area contributed by atoms with Gasteiger partial charge in [-0.05, 0) is 24.1 Å². The molecule has 0 spiro atoms. The maximum Gasteiger partial charge on any atom is 0.131 e. The summed E-state index contributed by atoms with van der Waals surface area (Å²) >= 11 is 9.80. The Morgan fingerprint density at radius 1 is 1.29 bits per heavy atom. The smallest absolute Gasteiger partial charge is 0.131 e. The van der Waals surface area contributed by atoms with Gasteiger partial charge < -0.3 is 10.3 Å². The summed E-state index contributed by atoms with van der Waals surface area (Å²) in [6.07, 6.45) is 0. The van der Waals surface area contributed by atoms with Crippen LogP contribution in [0, 0.1) is 5.92 Å². The minimum atomic E-state index is 0.311. The van der Waals surface area contributed by atoms with Crippen LogP contribution >= 0.6 is 27.5 Å². The molecule has 0 atom stereocenters. The first-order valence-electron chi connectivity index (χ1n) is 7.12. The standard InChI is InChI=1S/C16H21BrClN3/c1-9(2)8-21-15(19)14(20-16(21)10(3)4)12-7-11(17)5-6-13(12)18/h5-7,9-10H,8,19H2,1-4H3. The molecule has 0 radical (unpaired) electrons. The number of hydrogen-bond acceptors (Lipinski definition) is 2. The second-order valence-electron chi connectivity index (χ2n) is 5.99. The van der Waals surface area contributed by atoms with Gasteiger partial charge in [0.2, 0.25) is 0 Å². The van der Waals surface area contributed by atoms with Crippen molar-refractivity contribution in [3.05, 3.63) is 33.5 Å². The summed E-state index contributed by atoms with van der Waals surface area (Å²) < 4.78 is 3.08. The number of anilines is 1. The molecule has 1 heterocycles. The maximum absolute atomic E-state index is 6.37. The molecule has 2 rings (SSSR count). The molecule has 0 fully saturated rings. The van der Waals surface area contributed by atoms with Gasteiger partial charge in [-0.2, -0.15) is 0 Å². The lowest BCUT2D eigenvalue weighted by Gasteiger charge is -2.14. The van der Waals surface area contributed by atoms with E-state index in [0.717, 1.165) is 28.1 Å². The van der Waals surface area contributed by atoms with Crippen LogP contribution in [-0.2, 0) is 6.54 Å². The van der Waals surface area contributed by atoms with E-state index < -0.39 is 0 Å². The molecule has 1 aromatic carbocycles. The van der Waals surface area contributed by atoms with Gasteiger partial charge in [0.25, 0.3) is 0 Å². The van der Waals surface area contributed by atoms with Crippen molar-refractivity contribution in [3.63, 3.8) is 0 Å². The van der Waals surface area contributed by atoms with Crippen LogP contribution < -0.4 is 5.73 Å². The third-order valence-corrected chi connectivity index (χ3v) is 4.11. The molecule has 2 N–H and O–H groups in total. The summed E-state index contributed by atoms with van der Waals surface area (Å²) in [4.78, 5) is 4.77. The molecule has 0 saturated carbocycles. The molecule has 0 aliphatic heterocycles. The van der Waals surface area contributed by atoms with Crippen LogP contribution in [0.5, 0.6) is 0 Å². The molecule has 0 unspecified atom stereocenters. The first kappa shape index (κ1) is 16.4. The molecular formula is C16H21BrClN3. The number of halogens is 2. The quantitative estimate of drug-likeness (QED) is 0.790. The number of nitrogens with zero attached hydrogens (tertiary/aromatic N) is 2. The molecule has 5 heteroatoms. The van der Waals surface area contributed by atoms with Gasteiger partial charge >= 0.3 is 0 Å². The average Bonchev–Trinajstić information content (AvgIpc) is 2.70. The molecule has 1 aromatic heterocycles. The van der Waals surface area contributed by atoms with Gasteiger partial charge in [0.05, 0.1) is 5.02 Å². The fourth-order valence-corrected chi connectivity index (χ4v) is 2.93. The molecule has 0 aliphatic carbocycles. The van der Waals surface area contributed by atoms with Crippen molar-refractivity contribution >= 4 is 33.3 Å². The summed E-state index contributed by atoms with van der Waals surface area (Å²) in [5.74, 6) is 2.51. The first-order valence-corrected chi connectivity index (χ1v) is 8.29. The van der Waals surface area contributed by atoms with E-state index in [9.17, 15) is 0 Å². The maximum atomic E-state index is 6.37. The fraction of sp³-hybridized carbons (Fsp3) is 0.438. The fourth-order valence-electron chi connectivity index (χ4n) is 2.36. The summed E-state index contributed by atoms with van der Waals surface area (Å²) in [6, 6.07) is 5.73. The molecule has 0 amide bonds. The highest BCUT2D eigenvalue weighted by Gasteiger charge is 2.20. The van der Waals surface area contributed by atoms with E-state index in [0.29, 0.717) is 22.7 Å². The zero-order valence-electron chi connectivity index (χ0n) is 12.8. The van der Waals surface area contributed by atoms with Crippen LogP contribution in [0.1, 0.15) is 39.4 Å². The number of hydrogen-bond donors (Lipinski definition) is 1. The highest BCUT2D eigenvalue weighted by atomic mass is 79.9. The van der Waals surface area contributed by atoms with Crippen LogP contribution in [0.3, 0.4) is 0 Å². The van der Waals surface area contributed by atoms with Crippen molar-refractivity contribution in [2.45, 2.75) is 40.2 Å². The number of nitrogens with two attached hydrogens (primary N) is 1. The Labute approximate surface area is 139 Å².